The van der Waals surface area contributed by atoms with Crippen LogP contribution in [0.25, 0.3) is 5.76 Å². The van der Waals surface area contributed by atoms with Crippen molar-refractivity contribution in [1.82, 2.24) is 4.90 Å². The molecule has 1 amide bonds. The van der Waals surface area contributed by atoms with Crippen LogP contribution >= 0.6 is 15.9 Å². The highest BCUT2D eigenvalue weighted by atomic mass is 79.9. The molecule has 5 nitrogen and oxygen atoms in total. The molecule has 3 aromatic carbocycles. The van der Waals surface area contributed by atoms with Gasteiger partial charge in [0, 0.05) is 16.6 Å². The van der Waals surface area contributed by atoms with Crippen molar-refractivity contribution in [2.24, 2.45) is 0 Å². The standard InChI is InChI=1S/C28H26BrNO4/c1-2-3-15-34-23-14-8-12-21(17-23)26(31)24-25(20-11-7-13-22(29)16-20)30(28(33)27(24)32)18-19-9-5-4-6-10-19/h4-14,16-17,25,31H,2-3,15,18H2,1H3/b26-24+. The molecule has 0 aliphatic carbocycles. The predicted molar refractivity (Wildman–Crippen MR) is 135 cm³/mol. The number of rotatable bonds is 8. The van der Waals surface area contributed by atoms with Crippen molar-refractivity contribution in [3.05, 3.63) is 106 Å². The lowest BCUT2D eigenvalue weighted by Crippen LogP contribution is -2.29. The van der Waals surface area contributed by atoms with E-state index < -0.39 is 17.7 Å². The molecule has 174 valence electrons. The minimum atomic E-state index is -0.720. The molecule has 0 bridgehead atoms. The Bertz CT molecular complexity index is 1220. The van der Waals surface area contributed by atoms with Gasteiger partial charge in [-0.1, -0.05) is 83.9 Å². The highest BCUT2D eigenvalue weighted by Crippen LogP contribution is 2.41. The number of Topliss-reactive ketones (excluding diaryl/α,β-unsaturated/α-hetero) is 1. The Morgan fingerprint density at radius 2 is 1.76 bits per heavy atom. The molecule has 4 rings (SSSR count). The summed E-state index contributed by atoms with van der Waals surface area (Å²) in [5.74, 6) is -0.934. The van der Waals surface area contributed by atoms with Crippen LogP contribution in [0.2, 0.25) is 0 Å². The Morgan fingerprint density at radius 3 is 2.50 bits per heavy atom. The number of halogens is 1. The molecular formula is C28H26BrNO4. The molecule has 1 heterocycles. The van der Waals surface area contributed by atoms with E-state index in [1.165, 1.54) is 4.90 Å². The largest absolute Gasteiger partial charge is 0.507 e. The minimum Gasteiger partial charge on any atom is -0.507 e. The number of carbonyl (C=O) groups excluding carboxylic acids is 2. The first-order chi connectivity index (χ1) is 16.5. The predicted octanol–water partition coefficient (Wildman–Crippen LogP) is 6.25. The van der Waals surface area contributed by atoms with Crippen molar-refractivity contribution in [3.63, 3.8) is 0 Å². The summed E-state index contributed by atoms with van der Waals surface area (Å²) < 4.78 is 6.59. The van der Waals surface area contributed by atoms with Crippen LogP contribution in [0.3, 0.4) is 0 Å². The summed E-state index contributed by atoms with van der Waals surface area (Å²) in [6.07, 6.45) is 1.93. The molecule has 1 aliphatic rings. The van der Waals surface area contributed by atoms with Gasteiger partial charge in [-0.2, -0.15) is 0 Å². The summed E-state index contributed by atoms with van der Waals surface area (Å²) >= 11 is 3.48. The number of ketones is 1. The van der Waals surface area contributed by atoms with Crippen molar-refractivity contribution in [1.29, 1.82) is 0 Å². The summed E-state index contributed by atoms with van der Waals surface area (Å²) in [4.78, 5) is 27.9. The van der Waals surface area contributed by atoms with Crippen LogP contribution in [0, 0.1) is 0 Å². The van der Waals surface area contributed by atoms with Crippen LogP contribution < -0.4 is 4.74 Å². The summed E-state index contributed by atoms with van der Waals surface area (Å²) in [5.41, 5.74) is 2.15. The maximum atomic E-state index is 13.2. The number of unbranched alkanes of at least 4 members (excludes halogenated alkanes) is 1. The lowest BCUT2D eigenvalue weighted by Gasteiger charge is -2.25. The highest BCUT2D eigenvalue weighted by Gasteiger charge is 2.46. The lowest BCUT2D eigenvalue weighted by molar-refractivity contribution is -0.140. The van der Waals surface area contributed by atoms with E-state index in [1.54, 1.807) is 18.2 Å². The van der Waals surface area contributed by atoms with Gasteiger partial charge < -0.3 is 14.7 Å². The van der Waals surface area contributed by atoms with Crippen molar-refractivity contribution < 1.29 is 19.4 Å². The van der Waals surface area contributed by atoms with E-state index in [1.807, 2.05) is 60.7 Å². The quantitative estimate of drug-likeness (QED) is 0.165. The molecule has 1 unspecified atom stereocenters. The second-order valence-corrected chi connectivity index (χ2v) is 9.11. The van der Waals surface area contributed by atoms with Crippen molar-refractivity contribution in [3.8, 4) is 5.75 Å². The number of aliphatic hydroxyl groups excluding tert-OH is 1. The fourth-order valence-electron chi connectivity index (χ4n) is 4.07. The average molecular weight is 520 g/mol. The Hall–Kier alpha value is -3.38. The van der Waals surface area contributed by atoms with E-state index in [4.69, 9.17) is 4.74 Å². The molecule has 0 aromatic heterocycles. The topological polar surface area (TPSA) is 66.8 Å². The van der Waals surface area contributed by atoms with E-state index in [2.05, 4.69) is 22.9 Å². The van der Waals surface area contributed by atoms with Crippen LogP contribution in [0.15, 0.2) is 88.9 Å². The zero-order valence-electron chi connectivity index (χ0n) is 18.9. The van der Waals surface area contributed by atoms with Crippen LogP contribution in [0.5, 0.6) is 5.75 Å². The van der Waals surface area contributed by atoms with Crippen LogP contribution in [0.1, 0.15) is 42.5 Å². The van der Waals surface area contributed by atoms with Crippen molar-refractivity contribution in [2.45, 2.75) is 32.4 Å². The second kappa shape index (κ2) is 10.7. The van der Waals surface area contributed by atoms with E-state index in [-0.39, 0.29) is 17.9 Å². The van der Waals surface area contributed by atoms with E-state index in [0.717, 1.165) is 28.4 Å². The maximum Gasteiger partial charge on any atom is 0.295 e. The highest BCUT2D eigenvalue weighted by molar-refractivity contribution is 9.10. The van der Waals surface area contributed by atoms with Crippen molar-refractivity contribution in [2.75, 3.05) is 6.61 Å². The third kappa shape index (κ3) is 5.07. The number of benzene rings is 3. The van der Waals surface area contributed by atoms with Crippen LogP contribution in [-0.4, -0.2) is 28.3 Å². The molecule has 0 saturated carbocycles. The van der Waals surface area contributed by atoms with Gasteiger partial charge in [0.2, 0.25) is 0 Å². The molecular weight excluding hydrogens is 494 g/mol. The molecule has 1 fully saturated rings. The number of ether oxygens (including phenoxy) is 1. The van der Waals surface area contributed by atoms with Gasteiger partial charge in [0.1, 0.15) is 11.5 Å². The van der Waals surface area contributed by atoms with Gasteiger partial charge in [-0.25, -0.2) is 0 Å². The third-order valence-corrected chi connectivity index (χ3v) is 6.27. The third-order valence-electron chi connectivity index (χ3n) is 5.77. The van der Waals surface area contributed by atoms with Crippen molar-refractivity contribution >= 4 is 33.4 Å². The molecule has 0 radical (unpaired) electrons. The molecule has 6 heteroatoms. The van der Waals surface area contributed by atoms with Gasteiger partial charge in [0.25, 0.3) is 11.7 Å². The number of nitrogens with zero attached hydrogens (tertiary/aromatic N) is 1. The Balaban J connectivity index is 1.79. The molecule has 1 aliphatic heterocycles. The summed E-state index contributed by atoms with van der Waals surface area (Å²) in [7, 11) is 0. The van der Waals surface area contributed by atoms with Crippen LogP contribution in [-0.2, 0) is 16.1 Å². The summed E-state index contributed by atoms with van der Waals surface area (Å²) in [5, 5.41) is 11.3. The lowest BCUT2D eigenvalue weighted by atomic mass is 9.95. The molecule has 0 spiro atoms. The fourth-order valence-corrected chi connectivity index (χ4v) is 4.49. The molecule has 1 atom stereocenters. The molecule has 1 N–H and O–H groups in total. The average Bonchev–Trinajstić information content (AvgIpc) is 3.09. The molecule has 34 heavy (non-hydrogen) atoms. The van der Waals surface area contributed by atoms with E-state index in [9.17, 15) is 14.7 Å². The zero-order valence-corrected chi connectivity index (χ0v) is 20.5. The Labute approximate surface area is 207 Å². The van der Waals surface area contributed by atoms with Gasteiger partial charge in [-0.05, 0) is 41.8 Å². The van der Waals surface area contributed by atoms with Gasteiger partial charge in [0.05, 0.1) is 18.2 Å². The van der Waals surface area contributed by atoms with E-state index >= 15 is 0 Å². The first-order valence-electron chi connectivity index (χ1n) is 11.3. The van der Waals surface area contributed by atoms with Gasteiger partial charge >= 0.3 is 0 Å². The minimum absolute atomic E-state index is 0.0738. The number of aliphatic hydroxyl groups is 1. The van der Waals surface area contributed by atoms with Gasteiger partial charge in [-0.3, -0.25) is 9.59 Å². The fraction of sp³-hybridized carbons (Fsp3) is 0.214. The number of hydrogen-bond acceptors (Lipinski definition) is 4. The van der Waals surface area contributed by atoms with Gasteiger partial charge in [0.15, 0.2) is 0 Å². The monoisotopic (exact) mass is 519 g/mol. The van der Waals surface area contributed by atoms with E-state index in [0.29, 0.717) is 17.9 Å². The normalized spacial score (nSPS) is 17.2. The van der Waals surface area contributed by atoms with Crippen LogP contribution in [0.4, 0.5) is 0 Å². The molecule has 1 saturated heterocycles. The molecule has 3 aromatic rings. The summed E-state index contributed by atoms with van der Waals surface area (Å²) in [6.45, 7) is 2.90. The van der Waals surface area contributed by atoms with Gasteiger partial charge in [-0.15, -0.1) is 0 Å². The first-order valence-corrected chi connectivity index (χ1v) is 12.1. The second-order valence-electron chi connectivity index (χ2n) is 8.20. The zero-order chi connectivity index (χ0) is 24.1. The first kappa shape index (κ1) is 23.8. The number of amides is 1. The Kier molecular flexibility index (Phi) is 7.48. The number of hydrogen-bond donors (Lipinski definition) is 1. The smallest absolute Gasteiger partial charge is 0.295 e. The number of likely N-dealkylation sites (tertiary alicyclic amines) is 1. The number of carbonyl (C=O) groups is 2. The SMILES string of the molecule is CCCCOc1cccc(/C(O)=C2\C(=O)C(=O)N(Cc3ccccc3)C2c2cccc(Br)c2)c1. The summed E-state index contributed by atoms with van der Waals surface area (Å²) in [6, 6.07) is 23.2. The Morgan fingerprint density at radius 1 is 1.00 bits per heavy atom. The maximum absolute atomic E-state index is 13.2.